The largest absolute Gasteiger partial charge is 0.208 e. The zero-order chi connectivity index (χ0) is 21.9. The fourth-order valence-electron chi connectivity index (χ4n) is 3.48. The lowest BCUT2D eigenvalue weighted by Crippen LogP contribution is -2.00. The van der Waals surface area contributed by atoms with Gasteiger partial charge in [0, 0.05) is 25.6 Å². The minimum atomic E-state index is 0.628. The van der Waals surface area contributed by atoms with Gasteiger partial charge in [0.1, 0.15) is 0 Å². The van der Waals surface area contributed by atoms with Crippen LogP contribution in [0.2, 0.25) is 0 Å². The van der Waals surface area contributed by atoms with Crippen molar-refractivity contribution in [3.8, 4) is 45.3 Å². The van der Waals surface area contributed by atoms with Crippen molar-refractivity contribution in [2.24, 2.45) is 0 Å². The summed E-state index contributed by atoms with van der Waals surface area (Å²) in [6.07, 6.45) is 0. The maximum absolute atomic E-state index is 4.82. The minimum Gasteiger partial charge on any atom is -0.208 e. The van der Waals surface area contributed by atoms with Crippen molar-refractivity contribution in [3.05, 3.63) is 112 Å². The number of halogens is 2. The first-order valence-corrected chi connectivity index (χ1v) is 11.7. The Morgan fingerprint density at radius 1 is 0.375 bits per heavy atom. The van der Waals surface area contributed by atoms with Crippen molar-refractivity contribution in [1.82, 2.24) is 15.0 Å². The molecule has 0 aliphatic heterocycles. The van der Waals surface area contributed by atoms with E-state index in [1.54, 1.807) is 0 Å². The lowest BCUT2D eigenvalue weighted by atomic mass is 10.0. The number of benzene rings is 4. The molecule has 1 aromatic heterocycles. The van der Waals surface area contributed by atoms with Crippen LogP contribution in [-0.4, -0.2) is 15.0 Å². The van der Waals surface area contributed by atoms with Crippen LogP contribution in [0.3, 0.4) is 0 Å². The summed E-state index contributed by atoms with van der Waals surface area (Å²) >= 11 is 7.13. The van der Waals surface area contributed by atoms with E-state index >= 15 is 0 Å². The quantitative estimate of drug-likeness (QED) is 0.230. The van der Waals surface area contributed by atoms with Gasteiger partial charge in [0.2, 0.25) is 0 Å². The maximum Gasteiger partial charge on any atom is 0.164 e. The third-order valence-electron chi connectivity index (χ3n) is 5.04. The van der Waals surface area contributed by atoms with E-state index in [1.807, 2.05) is 66.7 Å². The molecule has 0 fully saturated rings. The lowest BCUT2D eigenvalue weighted by Gasteiger charge is -2.09. The van der Waals surface area contributed by atoms with Gasteiger partial charge in [-0.15, -0.1) is 0 Å². The second-order valence-corrected chi connectivity index (χ2v) is 9.11. The van der Waals surface area contributed by atoms with E-state index in [0.29, 0.717) is 17.5 Å². The molecule has 0 N–H and O–H groups in total. The van der Waals surface area contributed by atoms with Crippen LogP contribution in [0.4, 0.5) is 0 Å². The van der Waals surface area contributed by atoms with Crippen LogP contribution in [0.15, 0.2) is 112 Å². The van der Waals surface area contributed by atoms with Crippen LogP contribution in [-0.2, 0) is 0 Å². The molecule has 0 bridgehead atoms. The van der Waals surface area contributed by atoms with Gasteiger partial charge in [-0.3, -0.25) is 0 Å². The van der Waals surface area contributed by atoms with Gasteiger partial charge in [-0.1, -0.05) is 117 Å². The van der Waals surface area contributed by atoms with E-state index in [-0.39, 0.29) is 0 Å². The van der Waals surface area contributed by atoms with Crippen molar-refractivity contribution in [2.45, 2.75) is 0 Å². The standard InChI is InChI=1S/C27H17Br2N3/c28-23-15-22(16-24(29)17-23)27-31-25(20-9-5-2-6-10-20)30-26(32-27)21-13-11-19(12-14-21)18-7-3-1-4-8-18/h1-17H. The predicted molar refractivity (Wildman–Crippen MR) is 137 cm³/mol. The molecule has 4 aromatic carbocycles. The molecular formula is C27H17Br2N3. The van der Waals surface area contributed by atoms with Gasteiger partial charge in [-0.05, 0) is 29.3 Å². The molecule has 0 saturated heterocycles. The molecule has 0 radical (unpaired) electrons. The highest BCUT2D eigenvalue weighted by molar-refractivity contribution is 9.11. The van der Waals surface area contributed by atoms with Crippen molar-refractivity contribution in [2.75, 3.05) is 0 Å². The zero-order valence-electron chi connectivity index (χ0n) is 16.9. The second-order valence-electron chi connectivity index (χ2n) is 7.27. The van der Waals surface area contributed by atoms with E-state index in [0.717, 1.165) is 31.2 Å². The van der Waals surface area contributed by atoms with Crippen LogP contribution >= 0.6 is 31.9 Å². The monoisotopic (exact) mass is 541 g/mol. The predicted octanol–water partition coefficient (Wildman–Crippen LogP) is 8.06. The highest BCUT2D eigenvalue weighted by Crippen LogP contribution is 2.29. The van der Waals surface area contributed by atoms with E-state index < -0.39 is 0 Å². The van der Waals surface area contributed by atoms with Crippen molar-refractivity contribution in [1.29, 1.82) is 0 Å². The molecule has 3 nitrogen and oxygen atoms in total. The van der Waals surface area contributed by atoms with E-state index in [1.165, 1.54) is 5.56 Å². The lowest BCUT2D eigenvalue weighted by molar-refractivity contribution is 1.07. The van der Waals surface area contributed by atoms with Crippen LogP contribution in [0, 0.1) is 0 Å². The van der Waals surface area contributed by atoms with E-state index in [4.69, 9.17) is 15.0 Å². The average Bonchev–Trinajstić information content (AvgIpc) is 2.84. The summed E-state index contributed by atoms with van der Waals surface area (Å²) in [6.45, 7) is 0. The summed E-state index contributed by atoms with van der Waals surface area (Å²) in [4.78, 5) is 14.4. The Morgan fingerprint density at radius 3 is 1.28 bits per heavy atom. The Balaban J connectivity index is 1.63. The molecule has 32 heavy (non-hydrogen) atoms. The van der Waals surface area contributed by atoms with Crippen molar-refractivity contribution in [3.63, 3.8) is 0 Å². The molecule has 0 aliphatic carbocycles. The van der Waals surface area contributed by atoms with Crippen LogP contribution < -0.4 is 0 Å². The number of aromatic nitrogens is 3. The topological polar surface area (TPSA) is 38.7 Å². The Kier molecular flexibility index (Phi) is 5.93. The van der Waals surface area contributed by atoms with Crippen LogP contribution in [0.1, 0.15) is 0 Å². The van der Waals surface area contributed by atoms with Crippen LogP contribution in [0.5, 0.6) is 0 Å². The molecular weight excluding hydrogens is 526 g/mol. The Morgan fingerprint density at radius 2 is 0.750 bits per heavy atom. The first kappa shape index (κ1) is 20.7. The van der Waals surface area contributed by atoms with Gasteiger partial charge in [-0.2, -0.15) is 0 Å². The van der Waals surface area contributed by atoms with Gasteiger partial charge >= 0.3 is 0 Å². The average molecular weight is 543 g/mol. The summed E-state index contributed by atoms with van der Waals surface area (Å²) in [5.74, 6) is 1.92. The minimum absolute atomic E-state index is 0.628. The summed E-state index contributed by atoms with van der Waals surface area (Å²) in [5, 5.41) is 0. The first-order chi connectivity index (χ1) is 15.7. The second kappa shape index (κ2) is 9.15. The molecule has 5 aromatic rings. The summed E-state index contributed by atoms with van der Waals surface area (Å²) in [5.41, 5.74) is 5.14. The molecule has 5 rings (SSSR count). The normalized spacial score (nSPS) is 10.8. The third-order valence-corrected chi connectivity index (χ3v) is 5.95. The third kappa shape index (κ3) is 4.54. The maximum atomic E-state index is 4.82. The number of rotatable bonds is 4. The molecule has 0 aliphatic rings. The number of nitrogens with zero attached hydrogens (tertiary/aromatic N) is 3. The molecule has 5 heteroatoms. The first-order valence-electron chi connectivity index (χ1n) is 10.1. The Labute approximate surface area is 203 Å². The molecule has 154 valence electrons. The SMILES string of the molecule is Brc1cc(Br)cc(-c2nc(-c3ccccc3)nc(-c3ccc(-c4ccccc4)cc3)n2)c1. The number of hydrogen-bond acceptors (Lipinski definition) is 3. The van der Waals surface area contributed by atoms with Gasteiger partial charge in [-0.25, -0.2) is 15.0 Å². The highest BCUT2D eigenvalue weighted by Gasteiger charge is 2.13. The summed E-state index contributed by atoms with van der Waals surface area (Å²) in [7, 11) is 0. The fraction of sp³-hybridized carbons (Fsp3) is 0. The fourth-order valence-corrected chi connectivity index (χ4v) is 4.77. The molecule has 0 atom stereocenters. The zero-order valence-corrected chi connectivity index (χ0v) is 20.1. The van der Waals surface area contributed by atoms with Crippen molar-refractivity contribution < 1.29 is 0 Å². The summed E-state index contributed by atoms with van der Waals surface area (Å²) in [6, 6.07) is 34.7. The summed E-state index contributed by atoms with van der Waals surface area (Å²) < 4.78 is 1.91. The van der Waals surface area contributed by atoms with Gasteiger partial charge in [0.15, 0.2) is 17.5 Å². The van der Waals surface area contributed by atoms with Gasteiger partial charge in [0.25, 0.3) is 0 Å². The van der Waals surface area contributed by atoms with Crippen LogP contribution in [0.25, 0.3) is 45.3 Å². The molecule has 1 heterocycles. The molecule has 0 spiro atoms. The van der Waals surface area contributed by atoms with E-state index in [9.17, 15) is 0 Å². The highest BCUT2D eigenvalue weighted by atomic mass is 79.9. The Hall–Kier alpha value is -3.15. The molecule has 0 amide bonds. The van der Waals surface area contributed by atoms with Crippen molar-refractivity contribution >= 4 is 31.9 Å². The smallest absolute Gasteiger partial charge is 0.164 e. The Bertz CT molecular complexity index is 1350. The van der Waals surface area contributed by atoms with E-state index in [2.05, 4.69) is 68.3 Å². The molecule has 0 saturated carbocycles. The number of hydrogen-bond donors (Lipinski definition) is 0. The van der Waals surface area contributed by atoms with Gasteiger partial charge in [0.05, 0.1) is 0 Å². The van der Waals surface area contributed by atoms with Gasteiger partial charge < -0.3 is 0 Å². The molecule has 0 unspecified atom stereocenters.